The molecule has 0 N–H and O–H groups in total. The summed E-state index contributed by atoms with van der Waals surface area (Å²) in [4.78, 5) is 29.6. The van der Waals surface area contributed by atoms with Gasteiger partial charge in [-0.3, -0.25) is 9.59 Å². The van der Waals surface area contributed by atoms with Crippen LogP contribution >= 0.6 is 0 Å². The van der Waals surface area contributed by atoms with Crippen LogP contribution in [0.1, 0.15) is 17.0 Å². The molecule has 1 saturated heterocycles. The summed E-state index contributed by atoms with van der Waals surface area (Å²) in [5.74, 6) is -0.484. The van der Waals surface area contributed by atoms with Gasteiger partial charge < -0.3 is 9.80 Å². The first kappa shape index (κ1) is 18.0. The van der Waals surface area contributed by atoms with Gasteiger partial charge in [-0.2, -0.15) is 0 Å². The lowest BCUT2D eigenvalue weighted by atomic mass is 9.90. The Bertz CT molecular complexity index is 903. The highest BCUT2D eigenvalue weighted by atomic mass is 16.2. The number of benzene rings is 3. The van der Waals surface area contributed by atoms with Gasteiger partial charge in [0.25, 0.3) is 0 Å². The summed E-state index contributed by atoms with van der Waals surface area (Å²) in [5, 5.41) is 0. The molecule has 4 rings (SSSR count). The SMILES string of the molecule is O=C(C(c1ccccc1)c1ccccc1)N1CCN(c2ccccc2)C(=O)C1. The average molecular weight is 370 g/mol. The Morgan fingerprint density at radius 1 is 0.714 bits per heavy atom. The molecule has 1 heterocycles. The van der Waals surface area contributed by atoms with Crippen molar-refractivity contribution < 1.29 is 9.59 Å². The van der Waals surface area contributed by atoms with Crippen molar-refractivity contribution in [3.63, 3.8) is 0 Å². The van der Waals surface area contributed by atoms with Crippen LogP contribution in [-0.4, -0.2) is 36.3 Å². The number of rotatable bonds is 4. The maximum Gasteiger partial charge on any atom is 0.246 e. The van der Waals surface area contributed by atoms with E-state index >= 15 is 0 Å². The third-order valence-corrected chi connectivity index (χ3v) is 5.11. The number of amides is 2. The second-order valence-corrected chi connectivity index (χ2v) is 6.90. The molecule has 0 bridgehead atoms. The summed E-state index contributed by atoms with van der Waals surface area (Å²) >= 11 is 0. The normalized spacial score (nSPS) is 14.4. The maximum atomic E-state index is 13.4. The largest absolute Gasteiger partial charge is 0.331 e. The molecule has 4 heteroatoms. The minimum absolute atomic E-state index is 0.0292. The number of hydrogen-bond donors (Lipinski definition) is 0. The van der Waals surface area contributed by atoms with Crippen molar-refractivity contribution in [3.8, 4) is 0 Å². The highest BCUT2D eigenvalue weighted by Crippen LogP contribution is 2.28. The van der Waals surface area contributed by atoms with E-state index in [4.69, 9.17) is 0 Å². The molecule has 0 radical (unpaired) electrons. The molecular formula is C24H22N2O2. The molecule has 28 heavy (non-hydrogen) atoms. The summed E-state index contributed by atoms with van der Waals surface area (Å²) in [6.45, 7) is 1.13. The molecule has 1 aliphatic heterocycles. The molecule has 0 aliphatic carbocycles. The van der Waals surface area contributed by atoms with Crippen molar-refractivity contribution in [2.24, 2.45) is 0 Å². The van der Waals surface area contributed by atoms with E-state index in [1.54, 1.807) is 9.80 Å². The van der Waals surface area contributed by atoms with Crippen molar-refractivity contribution in [2.45, 2.75) is 5.92 Å². The Hall–Kier alpha value is -3.40. The van der Waals surface area contributed by atoms with Crippen molar-refractivity contribution in [2.75, 3.05) is 24.5 Å². The van der Waals surface area contributed by atoms with Gasteiger partial charge >= 0.3 is 0 Å². The average Bonchev–Trinajstić information content (AvgIpc) is 2.76. The van der Waals surface area contributed by atoms with Crippen molar-refractivity contribution >= 4 is 17.5 Å². The molecule has 0 aromatic heterocycles. The van der Waals surface area contributed by atoms with E-state index in [-0.39, 0.29) is 18.4 Å². The Balaban J connectivity index is 1.58. The number of para-hydroxylation sites is 1. The highest BCUT2D eigenvalue weighted by Gasteiger charge is 2.33. The molecule has 0 unspecified atom stereocenters. The highest BCUT2D eigenvalue weighted by molar-refractivity contribution is 5.99. The summed E-state index contributed by atoms with van der Waals surface area (Å²) < 4.78 is 0. The number of piperazine rings is 1. The Morgan fingerprint density at radius 3 is 1.71 bits per heavy atom. The predicted molar refractivity (Wildman–Crippen MR) is 110 cm³/mol. The number of anilines is 1. The smallest absolute Gasteiger partial charge is 0.246 e. The van der Waals surface area contributed by atoms with E-state index < -0.39 is 5.92 Å². The topological polar surface area (TPSA) is 40.6 Å². The van der Waals surface area contributed by atoms with Gasteiger partial charge in [0.15, 0.2) is 0 Å². The summed E-state index contributed by atoms with van der Waals surface area (Å²) in [5.41, 5.74) is 2.76. The molecule has 140 valence electrons. The zero-order valence-electron chi connectivity index (χ0n) is 15.6. The lowest BCUT2D eigenvalue weighted by Crippen LogP contribution is -2.53. The molecular weight excluding hydrogens is 348 g/mol. The van der Waals surface area contributed by atoms with Crippen LogP contribution in [0.15, 0.2) is 91.0 Å². The van der Waals surface area contributed by atoms with E-state index in [0.717, 1.165) is 16.8 Å². The second kappa shape index (κ2) is 8.09. The van der Waals surface area contributed by atoms with Crippen molar-refractivity contribution in [1.29, 1.82) is 0 Å². The van der Waals surface area contributed by atoms with Gasteiger partial charge in [0.1, 0.15) is 6.54 Å². The van der Waals surface area contributed by atoms with E-state index in [2.05, 4.69) is 0 Å². The van der Waals surface area contributed by atoms with Crippen LogP contribution in [0, 0.1) is 0 Å². The van der Waals surface area contributed by atoms with Gasteiger partial charge in [0, 0.05) is 18.8 Å². The van der Waals surface area contributed by atoms with E-state index in [9.17, 15) is 9.59 Å². The quantitative estimate of drug-likeness (QED) is 0.703. The van der Waals surface area contributed by atoms with E-state index in [1.807, 2.05) is 91.0 Å². The van der Waals surface area contributed by atoms with Crippen LogP contribution in [0.2, 0.25) is 0 Å². The standard InChI is InChI=1S/C24H22N2O2/c27-22-18-25(16-17-26(22)21-14-8-3-9-15-21)24(28)23(19-10-4-1-5-11-19)20-12-6-2-7-13-20/h1-15,23H,16-18H2. The molecule has 1 fully saturated rings. The second-order valence-electron chi connectivity index (χ2n) is 6.90. The van der Waals surface area contributed by atoms with Crippen LogP contribution in [0.4, 0.5) is 5.69 Å². The monoisotopic (exact) mass is 370 g/mol. The predicted octanol–water partition coefficient (Wildman–Crippen LogP) is 3.69. The van der Waals surface area contributed by atoms with Crippen LogP contribution in [-0.2, 0) is 9.59 Å². The van der Waals surface area contributed by atoms with E-state index in [0.29, 0.717) is 13.1 Å². The fraction of sp³-hybridized carbons (Fsp3) is 0.167. The Kier molecular flexibility index (Phi) is 5.20. The first-order valence-electron chi connectivity index (χ1n) is 9.48. The van der Waals surface area contributed by atoms with E-state index in [1.165, 1.54) is 0 Å². The summed E-state index contributed by atoms with van der Waals surface area (Å²) in [6.07, 6.45) is 0. The van der Waals surface area contributed by atoms with Gasteiger partial charge in [-0.1, -0.05) is 78.9 Å². The molecule has 3 aromatic rings. The van der Waals surface area contributed by atoms with Crippen LogP contribution in [0.3, 0.4) is 0 Å². The molecule has 3 aromatic carbocycles. The lowest BCUT2D eigenvalue weighted by molar-refractivity contribution is -0.137. The zero-order valence-corrected chi connectivity index (χ0v) is 15.6. The Morgan fingerprint density at radius 2 is 1.21 bits per heavy atom. The first-order valence-corrected chi connectivity index (χ1v) is 9.48. The van der Waals surface area contributed by atoms with Gasteiger partial charge in [0.05, 0.1) is 5.92 Å². The van der Waals surface area contributed by atoms with Crippen LogP contribution < -0.4 is 4.90 Å². The third-order valence-electron chi connectivity index (χ3n) is 5.11. The Labute approximate surface area is 165 Å². The number of carbonyl (C=O) groups is 2. The zero-order chi connectivity index (χ0) is 19.3. The molecule has 1 aliphatic rings. The number of carbonyl (C=O) groups excluding carboxylic acids is 2. The van der Waals surface area contributed by atoms with Gasteiger partial charge in [-0.05, 0) is 23.3 Å². The first-order chi connectivity index (χ1) is 13.7. The van der Waals surface area contributed by atoms with Gasteiger partial charge in [0.2, 0.25) is 11.8 Å². The molecule has 2 amide bonds. The molecule has 4 nitrogen and oxygen atoms in total. The fourth-order valence-electron chi connectivity index (χ4n) is 3.69. The third kappa shape index (κ3) is 3.67. The minimum Gasteiger partial charge on any atom is -0.331 e. The summed E-state index contributed by atoms with van der Waals surface area (Å²) in [6, 6.07) is 29.1. The van der Waals surface area contributed by atoms with Crippen LogP contribution in [0.25, 0.3) is 0 Å². The number of hydrogen-bond acceptors (Lipinski definition) is 2. The van der Waals surface area contributed by atoms with Gasteiger partial charge in [-0.15, -0.1) is 0 Å². The summed E-state index contributed by atoms with van der Waals surface area (Å²) in [7, 11) is 0. The number of nitrogens with zero attached hydrogens (tertiary/aromatic N) is 2. The van der Waals surface area contributed by atoms with Crippen LogP contribution in [0.5, 0.6) is 0 Å². The minimum atomic E-state index is -0.404. The maximum absolute atomic E-state index is 13.4. The fourth-order valence-corrected chi connectivity index (χ4v) is 3.69. The molecule has 0 spiro atoms. The van der Waals surface area contributed by atoms with Crippen molar-refractivity contribution in [1.82, 2.24) is 4.90 Å². The molecule has 0 atom stereocenters. The van der Waals surface area contributed by atoms with Gasteiger partial charge in [-0.25, -0.2) is 0 Å². The molecule has 0 saturated carbocycles. The lowest BCUT2D eigenvalue weighted by Gasteiger charge is -2.36. The van der Waals surface area contributed by atoms with Crippen molar-refractivity contribution in [3.05, 3.63) is 102 Å².